The number of thioether (sulfide) groups is 1. The van der Waals surface area contributed by atoms with Crippen molar-refractivity contribution in [1.82, 2.24) is 9.88 Å². The van der Waals surface area contributed by atoms with E-state index in [0.717, 1.165) is 29.1 Å². The number of rotatable bonds is 5. The Kier molecular flexibility index (Phi) is 5.45. The normalized spacial score (nSPS) is 15.9. The summed E-state index contributed by atoms with van der Waals surface area (Å²) < 4.78 is 2.75. The minimum atomic E-state index is -0.111. The highest BCUT2D eigenvalue weighted by Crippen LogP contribution is 2.29. The molecule has 2 heterocycles. The number of unbranched alkanes of at least 4 members (excludes halogenated alkanes) is 1. The highest BCUT2D eigenvalue weighted by Gasteiger charge is 2.23. The molecule has 0 spiro atoms. The summed E-state index contributed by atoms with van der Waals surface area (Å²) in [4.78, 5) is 12.5. The van der Waals surface area contributed by atoms with E-state index in [2.05, 4.69) is 61.0 Å². The van der Waals surface area contributed by atoms with Gasteiger partial charge < -0.3 is 9.88 Å². The van der Waals surface area contributed by atoms with Crippen molar-refractivity contribution < 1.29 is 4.79 Å². The molecule has 3 rings (SSSR count). The minimum absolute atomic E-state index is 0.111. The van der Waals surface area contributed by atoms with Crippen LogP contribution in [0.25, 0.3) is 11.8 Å². The summed E-state index contributed by atoms with van der Waals surface area (Å²) in [5.41, 5.74) is 5.85. The second kappa shape index (κ2) is 7.58. The molecule has 0 unspecified atom stereocenters. The molecule has 2 aromatic rings. The number of hydrogen-bond acceptors (Lipinski definition) is 3. The van der Waals surface area contributed by atoms with Crippen molar-refractivity contribution in [3.63, 3.8) is 0 Å². The van der Waals surface area contributed by atoms with Crippen LogP contribution in [0.2, 0.25) is 0 Å². The molecule has 1 saturated heterocycles. The molecule has 0 saturated carbocycles. The first kappa shape index (κ1) is 18.0. The second-order valence-corrected chi connectivity index (χ2v) is 8.00. The van der Waals surface area contributed by atoms with E-state index in [1.807, 2.05) is 6.08 Å². The first-order chi connectivity index (χ1) is 12.0. The van der Waals surface area contributed by atoms with E-state index in [9.17, 15) is 4.79 Å². The maximum Gasteiger partial charge on any atom is 0.263 e. The first-order valence-electron chi connectivity index (χ1n) is 8.52. The number of aromatic nitrogens is 1. The van der Waals surface area contributed by atoms with Gasteiger partial charge in [-0.3, -0.25) is 4.79 Å². The quantitative estimate of drug-likeness (QED) is 0.599. The molecule has 1 aromatic heterocycles. The molecule has 5 heteroatoms. The Balaban J connectivity index is 1.91. The number of nitrogens with one attached hydrogen (secondary N) is 1. The van der Waals surface area contributed by atoms with Crippen molar-refractivity contribution in [2.24, 2.45) is 0 Å². The molecular weight excluding hydrogens is 348 g/mol. The number of carbonyl (C=O) groups excluding carboxylic acids is 1. The van der Waals surface area contributed by atoms with E-state index in [0.29, 0.717) is 9.23 Å². The number of aryl methyl sites for hydroxylation is 2. The van der Waals surface area contributed by atoms with Gasteiger partial charge >= 0.3 is 0 Å². The molecule has 0 radical (unpaired) electrons. The van der Waals surface area contributed by atoms with Crippen molar-refractivity contribution in [3.8, 4) is 5.69 Å². The molecule has 1 amide bonds. The van der Waals surface area contributed by atoms with Gasteiger partial charge in [0, 0.05) is 17.1 Å². The summed E-state index contributed by atoms with van der Waals surface area (Å²) in [7, 11) is 0. The lowest BCUT2D eigenvalue weighted by atomic mass is 10.1. The number of thiocarbonyl (C=S) groups is 1. The number of carbonyl (C=O) groups is 1. The van der Waals surface area contributed by atoms with Crippen molar-refractivity contribution in [1.29, 1.82) is 0 Å². The molecule has 1 aliphatic heterocycles. The van der Waals surface area contributed by atoms with E-state index < -0.39 is 0 Å². The summed E-state index contributed by atoms with van der Waals surface area (Å²) in [5.74, 6) is -0.111. The molecular formula is C20H22N2OS2. The predicted octanol–water partition coefficient (Wildman–Crippen LogP) is 4.93. The maximum atomic E-state index is 11.9. The zero-order valence-electron chi connectivity index (χ0n) is 14.8. The van der Waals surface area contributed by atoms with E-state index in [-0.39, 0.29) is 5.91 Å². The lowest BCUT2D eigenvalue weighted by Gasteiger charge is -2.11. The van der Waals surface area contributed by atoms with Crippen LogP contribution in [-0.4, -0.2) is 14.8 Å². The molecule has 1 aromatic carbocycles. The van der Waals surface area contributed by atoms with Gasteiger partial charge in [0.25, 0.3) is 5.91 Å². The fourth-order valence-corrected chi connectivity index (χ4v) is 4.12. The van der Waals surface area contributed by atoms with Gasteiger partial charge in [-0.15, -0.1) is 0 Å². The average molecular weight is 371 g/mol. The molecule has 1 fully saturated rings. The monoisotopic (exact) mass is 370 g/mol. The zero-order valence-corrected chi connectivity index (χ0v) is 16.4. The Labute approximate surface area is 158 Å². The summed E-state index contributed by atoms with van der Waals surface area (Å²) >= 11 is 6.38. The van der Waals surface area contributed by atoms with E-state index >= 15 is 0 Å². The Bertz CT molecular complexity index is 847. The van der Waals surface area contributed by atoms with Crippen LogP contribution < -0.4 is 5.32 Å². The van der Waals surface area contributed by atoms with E-state index in [1.165, 1.54) is 30.2 Å². The number of amides is 1. The van der Waals surface area contributed by atoms with Gasteiger partial charge in [0.1, 0.15) is 4.32 Å². The van der Waals surface area contributed by atoms with E-state index in [1.54, 1.807) is 0 Å². The largest absolute Gasteiger partial charge is 0.318 e. The summed E-state index contributed by atoms with van der Waals surface area (Å²) in [6.07, 6.45) is 5.49. The molecule has 3 nitrogen and oxygen atoms in total. The van der Waals surface area contributed by atoms with Crippen molar-refractivity contribution in [2.75, 3.05) is 0 Å². The van der Waals surface area contributed by atoms with Gasteiger partial charge in [-0.25, -0.2) is 0 Å². The van der Waals surface area contributed by atoms with Crippen LogP contribution in [0.4, 0.5) is 0 Å². The third-order valence-corrected chi connectivity index (χ3v) is 5.58. The molecule has 130 valence electrons. The lowest BCUT2D eigenvalue weighted by Crippen LogP contribution is -2.17. The number of hydrogen-bond donors (Lipinski definition) is 1. The topological polar surface area (TPSA) is 34.0 Å². The molecule has 0 aliphatic carbocycles. The summed E-state index contributed by atoms with van der Waals surface area (Å²) in [6, 6.07) is 10.9. The van der Waals surface area contributed by atoms with Gasteiger partial charge in [-0.1, -0.05) is 49.5 Å². The van der Waals surface area contributed by atoms with Crippen LogP contribution in [-0.2, 0) is 11.2 Å². The highest BCUT2D eigenvalue weighted by atomic mass is 32.2. The maximum absolute atomic E-state index is 11.9. The third kappa shape index (κ3) is 3.88. The highest BCUT2D eigenvalue weighted by molar-refractivity contribution is 8.26. The van der Waals surface area contributed by atoms with Crippen LogP contribution in [0.3, 0.4) is 0 Å². The van der Waals surface area contributed by atoms with Crippen molar-refractivity contribution in [3.05, 3.63) is 57.8 Å². The Morgan fingerprint density at radius 3 is 2.56 bits per heavy atom. The summed E-state index contributed by atoms with van der Waals surface area (Å²) in [5, 5.41) is 2.66. The smallest absolute Gasteiger partial charge is 0.263 e. The minimum Gasteiger partial charge on any atom is -0.318 e. The Morgan fingerprint density at radius 2 is 1.96 bits per heavy atom. The fraction of sp³-hybridized carbons (Fsp3) is 0.300. The van der Waals surface area contributed by atoms with Gasteiger partial charge in [0.2, 0.25) is 0 Å². The molecule has 25 heavy (non-hydrogen) atoms. The average Bonchev–Trinajstić information content (AvgIpc) is 3.04. The second-order valence-electron chi connectivity index (χ2n) is 6.28. The van der Waals surface area contributed by atoms with Crippen LogP contribution in [0.15, 0.2) is 35.2 Å². The van der Waals surface area contributed by atoms with Crippen molar-refractivity contribution in [2.45, 2.75) is 40.0 Å². The Morgan fingerprint density at radius 1 is 1.24 bits per heavy atom. The molecule has 0 bridgehead atoms. The van der Waals surface area contributed by atoms with Gasteiger partial charge in [0.15, 0.2) is 0 Å². The number of benzene rings is 1. The Hall–Kier alpha value is -1.85. The lowest BCUT2D eigenvalue weighted by molar-refractivity contribution is -0.115. The van der Waals surface area contributed by atoms with Gasteiger partial charge in [-0.2, -0.15) is 0 Å². The molecule has 1 N–H and O–H groups in total. The predicted molar refractivity (Wildman–Crippen MR) is 110 cm³/mol. The van der Waals surface area contributed by atoms with Crippen molar-refractivity contribution >= 4 is 40.3 Å². The van der Waals surface area contributed by atoms with Gasteiger partial charge in [-0.05, 0) is 62.1 Å². The zero-order chi connectivity index (χ0) is 18.0. The summed E-state index contributed by atoms with van der Waals surface area (Å²) in [6.45, 7) is 6.39. The molecule has 0 atom stereocenters. The van der Waals surface area contributed by atoms with E-state index in [4.69, 9.17) is 12.2 Å². The molecule has 1 aliphatic rings. The van der Waals surface area contributed by atoms with Crippen LogP contribution >= 0.6 is 24.0 Å². The SMILES string of the molecule is CCCCc1ccc(-n2c(C)cc(/C=C3\SC(=S)NC3=O)c2C)cc1. The third-order valence-electron chi connectivity index (χ3n) is 4.41. The van der Waals surface area contributed by atoms with Gasteiger partial charge in [0.05, 0.1) is 4.91 Å². The standard InChI is InChI=1S/C20H22N2OS2/c1-4-5-6-15-7-9-17(10-8-15)22-13(2)11-16(14(22)3)12-18-19(23)21-20(24)25-18/h7-12H,4-6H2,1-3H3,(H,21,23,24)/b18-12-. The van der Waals surface area contributed by atoms with Crippen LogP contribution in [0.5, 0.6) is 0 Å². The number of nitrogens with zero attached hydrogens (tertiary/aromatic N) is 1. The van der Waals surface area contributed by atoms with Crippen LogP contribution in [0, 0.1) is 13.8 Å². The fourth-order valence-electron chi connectivity index (χ4n) is 3.09. The van der Waals surface area contributed by atoms with Crippen LogP contribution in [0.1, 0.15) is 42.3 Å². The first-order valence-corrected chi connectivity index (χ1v) is 9.75.